The number of benzene rings is 5. The minimum atomic E-state index is -2.14. The Morgan fingerprint density at radius 1 is 0.291 bits per heavy atom. The van der Waals surface area contributed by atoms with Gasteiger partial charge in [0.25, 0.3) is 0 Å². The van der Waals surface area contributed by atoms with Gasteiger partial charge in [0.15, 0.2) is 31.0 Å². The summed E-state index contributed by atoms with van der Waals surface area (Å²) >= 11 is 0. The second-order valence-electron chi connectivity index (χ2n) is 38.1. The first-order valence-corrected chi connectivity index (χ1v) is 40.5. The fraction of sp³-hybridized carbons (Fsp3) is 0.476. The number of rotatable bonds is 13. The number of pyridine rings is 5. The maximum Gasteiger partial charge on any atom is 0.212 e. The molecule has 5 heterocycles. The maximum absolute atomic E-state index is 8.87. The van der Waals surface area contributed by atoms with Crippen LogP contribution in [0.5, 0.6) is 0 Å². The zero-order valence-electron chi connectivity index (χ0n) is 83.5. The van der Waals surface area contributed by atoms with Crippen LogP contribution in [0.4, 0.5) is 0 Å². The summed E-state index contributed by atoms with van der Waals surface area (Å²) in [5.74, 6) is 1.53. The molecule has 5 aromatic heterocycles. The van der Waals surface area contributed by atoms with Crippen LogP contribution in [0.25, 0.3) is 56.3 Å². The molecular formula is C105H150N5+5. The Labute approximate surface area is 684 Å². The van der Waals surface area contributed by atoms with Crippen LogP contribution in [-0.4, -0.2) is 0 Å². The highest BCUT2D eigenvalue weighted by Gasteiger charge is 2.34. The fourth-order valence-electron chi connectivity index (χ4n) is 15.1. The lowest BCUT2D eigenvalue weighted by molar-refractivity contribution is -0.661. The lowest BCUT2D eigenvalue weighted by Gasteiger charge is -2.31. The predicted molar refractivity (Wildman–Crippen MR) is 476 cm³/mol. The molecule has 0 atom stereocenters. The van der Waals surface area contributed by atoms with E-state index in [1.54, 1.807) is 24.3 Å². The topological polar surface area (TPSA) is 19.4 Å². The Morgan fingerprint density at radius 3 is 0.945 bits per heavy atom. The molecule has 0 bridgehead atoms. The summed E-state index contributed by atoms with van der Waals surface area (Å²) in [7, 11) is 10.5. The molecule has 0 aliphatic carbocycles. The molecule has 10 rings (SSSR count). The van der Waals surface area contributed by atoms with Crippen molar-refractivity contribution in [1.29, 1.82) is 0 Å². The Morgan fingerprint density at radius 2 is 0.600 bits per heavy atom. The van der Waals surface area contributed by atoms with Crippen molar-refractivity contribution in [2.24, 2.45) is 58.9 Å². The van der Waals surface area contributed by atoms with Crippen molar-refractivity contribution in [3.63, 3.8) is 0 Å². The average Bonchev–Trinajstić information content (AvgIpc) is 0.662. The summed E-state index contributed by atoms with van der Waals surface area (Å²) < 4.78 is 74.4. The van der Waals surface area contributed by atoms with Crippen LogP contribution in [0.15, 0.2) is 158 Å². The quantitative estimate of drug-likeness (QED) is 0.103. The predicted octanol–water partition coefficient (Wildman–Crippen LogP) is 25.0. The second kappa shape index (κ2) is 37.0. The number of hydrogen-bond donors (Lipinski definition) is 0. The van der Waals surface area contributed by atoms with Gasteiger partial charge in [-0.25, -0.2) is 22.8 Å². The lowest BCUT2D eigenvalue weighted by atomic mass is 9.73. The van der Waals surface area contributed by atoms with Gasteiger partial charge in [-0.1, -0.05) is 241 Å². The van der Waals surface area contributed by atoms with Crippen molar-refractivity contribution >= 4 is 0 Å². The Kier molecular flexibility index (Phi) is 26.4. The van der Waals surface area contributed by atoms with Crippen molar-refractivity contribution in [2.45, 2.75) is 275 Å². The molecule has 0 aliphatic rings. The zero-order chi connectivity index (χ0) is 89.7. The first-order chi connectivity index (χ1) is 53.9. The highest BCUT2D eigenvalue weighted by molar-refractivity contribution is 5.67. The standard InChI is InChI=1S/C24H36N.C22H32N.C21H30N.2C19H26N/c1-16(2)12-20-14-23(21-11-10-18(5)13-19(21)6)25(9)15-22(20)24(7,8)17(3)4;1-15(2)10-19-13-22(21-9-8-17(5)12-18(21)6)23(7)14-20(19)11-16(3)4;1-15-11-9-10-12-16(15)19-13-17(20(2,3)4)18(14-22(19)8)21(5,6)7;2*1-13-8-9-16(14(2)10-13)18-11-15(3)17(12-20(18)7)19(4,5)6/h10-11,13-17H,12H2,1-9H3;8-9,12-16H,10-11H2,1-7H3;9-14H,1-8H3;2*8-12H,1-7H3/q5*+1/i5D3,12D2;;;1D3;. The third-order valence-electron chi connectivity index (χ3n) is 21.8. The number of hydrogen-bond acceptors (Lipinski definition) is 0. The Bertz CT molecular complexity index is 5170. The smallest absolute Gasteiger partial charge is 0.201 e. The van der Waals surface area contributed by atoms with E-state index >= 15 is 0 Å². The van der Waals surface area contributed by atoms with E-state index in [2.05, 4.69) is 342 Å². The molecule has 0 aliphatic heterocycles. The molecule has 10 aromatic rings. The van der Waals surface area contributed by atoms with Gasteiger partial charge in [0.2, 0.25) is 28.5 Å². The van der Waals surface area contributed by atoms with Gasteiger partial charge < -0.3 is 0 Å². The van der Waals surface area contributed by atoms with E-state index in [1.165, 1.54) is 106 Å². The van der Waals surface area contributed by atoms with Gasteiger partial charge in [-0.2, -0.15) is 0 Å². The Hall–Kier alpha value is -8.15. The number of aromatic nitrogens is 5. The van der Waals surface area contributed by atoms with Crippen LogP contribution in [0, 0.1) is 99.7 Å². The van der Waals surface area contributed by atoms with Crippen LogP contribution in [0.1, 0.15) is 269 Å². The van der Waals surface area contributed by atoms with Crippen molar-refractivity contribution in [3.8, 4) is 56.3 Å². The molecule has 0 fully saturated rings. The SMILES string of the molecule is Cc1ccc(-c2cc(C)c(C(C)(C)C)c[n+]2C)c(C)c1.Cc1ccc(-c2cc(CC(C)C)c(CC(C)C)c[n+]2C)c(C)c1.Cc1ccccc1-c1cc(C(C)(C)C)c(C(C)(C)C)c[n+]1C.[2H]C([2H])([2H])c1ccc(-c2cc(C([2H])([2H])C(C)C)c(C(C)(C)C(C)C)c[n+]2C)c(C)c1.[2H]C([2H])([2H])c1ccc(-c2cc(C)c(C(C)(C)C)c[n+]2C)c(C)c1. The van der Waals surface area contributed by atoms with Crippen molar-refractivity contribution < 1.29 is 33.8 Å². The van der Waals surface area contributed by atoms with E-state index in [-0.39, 0.29) is 33.0 Å². The molecule has 0 unspecified atom stereocenters. The third kappa shape index (κ3) is 23.7. The molecule has 5 nitrogen and oxygen atoms in total. The minimum Gasteiger partial charge on any atom is -0.201 e. The van der Waals surface area contributed by atoms with E-state index in [9.17, 15) is 0 Å². The van der Waals surface area contributed by atoms with E-state index in [4.69, 9.17) is 11.0 Å². The molecular weight excluding hydrogens is 1330 g/mol. The van der Waals surface area contributed by atoms with Crippen LogP contribution in [0.3, 0.4) is 0 Å². The summed E-state index contributed by atoms with van der Waals surface area (Å²) in [5.41, 5.74) is 34.4. The van der Waals surface area contributed by atoms with Crippen LogP contribution in [-0.2, 0) is 81.5 Å². The number of aryl methyl sites for hydroxylation is 16. The molecule has 0 amide bonds. The molecule has 110 heavy (non-hydrogen) atoms. The van der Waals surface area contributed by atoms with Crippen molar-refractivity contribution in [1.82, 2.24) is 0 Å². The first-order valence-electron chi connectivity index (χ1n) is 44.5. The maximum atomic E-state index is 8.87. The number of nitrogens with zero attached hydrogens (tertiary/aromatic N) is 5. The molecule has 0 spiro atoms. The summed E-state index contributed by atoms with van der Waals surface area (Å²) in [5, 5.41) is 0. The summed E-state index contributed by atoms with van der Waals surface area (Å²) in [6.45, 7) is 63.9. The van der Waals surface area contributed by atoms with Gasteiger partial charge in [-0.3, -0.25) is 0 Å². The van der Waals surface area contributed by atoms with Gasteiger partial charge in [0, 0.05) is 96.9 Å². The van der Waals surface area contributed by atoms with E-state index in [0.717, 1.165) is 52.0 Å². The molecule has 0 radical (unpaired) electrons. The van der Waals surface area contributed by atoms with Crippen molar-refractivity contribution in [3.05, 3.63) is 264 Å². The van der Waals surface area contributed by atoms with Crippen LogP contribution in [0.2, 0.25) is 0 Å². The highest BCUT2D eigenvalue weighted by Crippen LogP contribution is 2.39. The van der Waals surface area contributed by atoms with Crippen molar-refractivity contribution in [2.75, 3.05) is 0 Å². The van der Waals surface area contributed by atoms with E-state index in [0.29, 0.717) is 34.4 Å². The monoisotopic (exact) mass is 1490 g/mol. The summed E-state index contributed by atoms with van der Waals surface area (Å²) in [6, 6.07) is 44.0. The minimum absolute atomic E-state index is 0.0978. The molecule has 5 aromatic carbocycles. The zero-order valence-corrected chi connectivity index (χ0v) is 75.5. The molecule has 0 N–H and O–H groups in total. The van der Waals surface area contributed by atoms with Crippen LogP contribution < -0.4 is 22.8 Å². The van der Waals surface area contributed by atoms with E-state index in [1.807, 2.05) is 64.6 Å². The summed E-state index contributed by atoms with van der Waals surface area (Å²) in [6.07, 6.45) is 12.0. The molecule has 0 saturated carbocycles. The third-order valence-corrected chi connectivity index (χ3v) is 21.8. The van der Waals surface area contributed by atoms with Gasteiger partial charge in [-0.15, -0.1) is 0 Å². The first kappa shape index (κ1) is 78.5. The fourth-order valence-corrected chi connectivity index (χ4v) is 15.1. The average molecular weight is 1490 g/mol. The van der Waals surface area contributed by atoms with Gasteiger partial charge in [-0.05, 0) is 232 Å². The molecule has 5 heteroatoms. The highest BCUT2D eigenvalue weighted by atomic mass is 14.9. The van der Waals surface area contributed by atoms with Gasteiger partial charge in [0.1, 0.15) is 35.2 Å². The van der Waals surface area contributed by atoms with Gasteiger partial charge in [0.05, 0.1) is 0 Å². The van der Waals surface area contributed by atoms with Crippen LogP contribution >= 0.6 is 0 Å². The summed E-state index contributed by atoms with van der Waals surface area (Å²) in [4.78, 5) is 0. The lowest BCUT2D eigenvalue weighted by Crippen LogP contribution is -2.37. The molecule has 590 valence electrons. The normalized spacial score (nSPS) is 13.4. The van der Waals surface area contributed by atoms with E-state index < -0.39 is 20.1 Å². The molecule has 0 saturated heterocycles. The Balaban J connectivity index is 0.000000230. The second-order valence-corrected chi connectivity index (χ2v) is 38.1. The van der Waals surface area contributed by atoms with Gasteiger partial charge >= 0.3 is 0 Å². The largest absolute Gasteiger partial charge is 0.212 e.